The quantitative estimate of drug-likeness (QED) is 0.313. The number of aliphatic hydroxyl groups is 4. The number of aliphatic hydroxyl groups excluding tert-OH is 3. The van der Waals surface area contributed by atoms with Gasteiger partial charge in [0.05, 0.1) is 36.4 Å². The van der Waals surface area contributed by atoms with Gasteiger partial charge in [-0.25, -0.2) is 4.79 Å². The Hall–Kier alpha value is -1.78. The summed E-state index contributed by atoms with van der Waals surface area (Å²) in [7, 11) is 0. The van der Waals surface area contributed by atoms with Crippen molar-refractivity contribution in [3.05, 3.63) is 23.3 Å². The summed E-state index contributed by atoms with van der Waals surface area (Å²) in [6, 6.07) is 0. The van der Waals surface area contributed by atoms with Crippen molar-refractivity contribution in [1.82, 2.24) is 0 Å². The maximum Gasteiger partial charge on any atom is 0.334 e. The molecule has 4 N–H and O–H groups in total. The van der Waals surface area contributed by atoms with Gasteiger partial charge in [0.2, 0.25) is 0 Å². The smallest absolute Gasteiger partial charge is 0.334 e. The van der Waals surface area contributed by atoms with E-state index in [4.69, 9.17) is 14.2 Å². The third kappa shape index (κ3) is 3.35. The second kappa shape index (κ2) is 8.36. The zero-order valence-electron chi connectivity index (χ0n) is 22.6. The summed E-state index contributed by atoms with van der Waals surface area (Å²) in [5.41, 5.74) is -2.37. The Morgan fingerprint density at radius 1 is 1.18 bits per heavy atom. The first-order chi connectivity index (χ1) is 17.8. The summed E-state index contributed by atoms with van der Waals surface area (Å²) >= 11 is 0. The average molecular weight is 533 g/mol. The van der Waals surface area contributed by atoms with Crippen molar-refractivity contribution < 1.29 is 44.2 Å². The van der Waals surface area contributed by atoms with E-state index in [0.29, 0.717) is 31.3 Å². The van der Waals surface area contributed by atoms with E-state index in [9.17, 15) is 30.0 Å². The molecule has 3 aliphatic heterocycles. The standard InChI is InChI=1S/C29H40O9/c1-14-9-18(36-25(14)34)24(33)15(2)16-10-21(31)27(4)17(16)7-8-28(35)12-29-19(5-6-20(27)28)26(3,13-30)37-22(29)11-23(32)38-29/h7,9,15-16,18-22,24,30-31,33,35H,5-6,8,10-13H2,1-4H3/t15-,16+,18+,19-,20-,21-,22+,24-,26-,27-,28-,29+/m0/s1. The van der Waals surface area contributed by atoms with Crippen LogP contribution in [0.3, 0.4) is 0 Å². The molecular weight excluding hydrogens is 492 g/mol. The lowest BCUT2D eigenvalue weighted by atomic mass is 9.56. The Kier molecular flexibility index (Phi) is 5.82. The highest BCUT2D eigenvalue weighted by atomic mass is 16.6. The Bertz CT molecular complexity index is 1120. The molecule has 0 amide bonds. The number of ether oxygens (including phenoxy) is 3. The molecule has 9 heteroatoms. The highest BCUT2D eigenvalue weighted by Crippen LogP contribution is 2.66. The topological polar surface area (TPSA) is 143 Å². The minimum absolute atomic E-state index is 0.102. The summed E-state index contributed by atoms with van der Waals surface area (Å²) in [5, 5.41) is 45.3. The fourth-order valence-corrected chi connectivity index (χ4v) is 9.31. The number of hydrogen-bond donors (Lipinski definition) is 4. The number of cyclic esters (lactones) is 1. The number of carbonyl (C=O) groups is 2. The maximum atomic E-state index is 12.5. The molecular formula is C29H40O9. The lowest BCUT2D eigenvalue weighted by molar-refractivity contribution is -0.165. The van der Waals surface area contributed by atoms with Crippen LogP contribution in [0.5, 0.6) is 0 Å². The molecule has 38 heavy (non-hydrogen) atoms. The van der Waals surface area contributed by atoms with Gasteiger partial charge in [-0.1, -0.05) is 25.5 Å². The predicted octanol–water partition coefficient (Wildman–Crippen LogP) is 1.56. The summed E-state index contributed by atoms with van der Waals surface area (Å²) in [4.78, 5) is 24.4. The van der Waals surface area contributed by atoms with E-state index < -0.39 is 52.6 Å². The van der Waals surface area contributed by atoms with Gasteiger partial charge in [0.15, 0.2) is 0 Å². The minimum Gasteiger partial charge on any atom is -0.456 e. The molecule has 1 spiro atoms. The molecule has 6 aliphatic rings. The molecule has 12 atom stereocenters. The fraction of sp³-hybridized carbons (Fsp3) is 0.793. The van der Waals surface area contributed by atoms with Crippen LogP contribution in [0, 0.1) is 29.1 Å². The summed E-state index contributed by atoms with van der Waals surface area (Å²) < 4.78 is 17.6. The average Bonchev–Trinajstić information content (AvgIpc) is 3.46. The second-order valence-electron chi connectivity index (χ2n) is 13.2. The van der Waals surface area contributed by atoms with Gasteiger partial charge in [-0.3, -0.25) is 4.79 Å². The predicted molar refractivity (Wildman–Crippen MR) is 133 cm³/mol. The molecule has 210 valence electrons. The van der Waals surface area contributed by atoms with E-state index in [0.717, 1.165) is 5.57 Å². The first kappa shape index (κ1) is 26.4. The number of hydrogen-bond acceptors (Lipinski definition) is 9. The first-order valence-corrected chi connectivity index (χ1v) is 14.0. The van der Waals surface area contributed by atoms with Gasteiger partial charge in [-0.15, -0.1) is 0 Å². The van der Waals surface area contributed by atoms with Gasteiger partial charge in [-0.2, -0.15) is 0 Å². The Morgan fingerprint density at radius 2 is 1.89 bits per heavy atom. The van der Waals surface area contributed by atoms with Crippen LogP contribution in [0.1, 0.15) is 66.2 Å². The molecule has 0 unspecified atom stereocenters. The maximum absolute atomic E-state index is 12.5. The Morgan fingerprint density at radius 3 is 2.55 bits per heavy atom. The number of fused-ring (bicyclic) bond motifs is 3. The summed E-state index contributed by atoms with van der Waals surface area (Å²) in [6.07, 6.45) is 2.97. The van der Waals surface area contributed by atoms with Crippen molar-refractivity contribution in [2.75, 3.05) is 6.61 Å². The van der Waals surface area contributed by atoms with Crippen LogP contribution in [0.4, 0.5) is 0 Å². The van der Waals surface area contributed by atoms with E-state index in [1.54, 1.807) is 13.0 Å². The second-order valence-corrected chi connectivity index (χ2v) is 13.2. The van der Waals surface area contributed by atoms with Gasteiger partial charge in [0, 0.05) is 23.3 Å². The molecule has 0 aromatic carbocycles. The van der Waals surface area contributed by atoms with E-state index in [1.807, 2.05) is 26.8 Å². The molecule has 3 aliphatic carbocycles. The summed E-state index contributed by atoms with van der Waals surface area (Å²) in [5.74, 6) is -1.80. The van der Waals surface area contributed by atoms with Crippen LogP contribution in [-0.2, 0) is 23.8 Å². The van der Waals surface area contributed by atoms with Crippen LogP contribution >= 0.6 is 0 Å². The van der Waals surface area contributed by atoms with Crippen molar-refractivity contribution in [2.24, 2.45) is 29.1 Å². The third-order valence-corrected chi connectivity index (χ3v) is 11.3. The number of esters is 2. The zero-order valence-corrected chi connectivity index (χ0v) is 22.6. The molecule has 2 saturated heterocycles. The molecule has 6 rings (SSSR count). The summed E-state index contributed by atoms with van der Waals surface area (Å²) in [6.45, 7) is 7.24. The lowest BCUT2D eigenvalue weighted by Gasteiger charge is -2.51. The lowest BCUT2D eigenvalue weighted by Crippen LogP contribution is -2.56. The Labute approximate surface area is 222 Å². The van der Waals surface area contributed by atoms with E-state index >= 15 is 0 Å². The van der Waals surface area contributed by atoms with Gasteiger partial charge in [0.25, 0.3) is 0 Å². The molecule has 0 radical (unpaired) electrons. The molecule has 3 heterocycles. The number of rotatable bonds is 4. The van der Waals surface area contributed by atoms with Gasteiger partial charge >= 0.3 is 11.9 Å². The molecule has 0 bridgehead atoms. The van der Waals surface area contributed by atoms with Crippen LogP contribution in [0.2, 0.25) is 0 Å². The molecule has 0 aromatic heterocycles. The first-order valence-electron chi connectivity index (χ1n) is 14.0. The van der Waals surface area contributed by atoms with Crippen LogP contribution < -0.4 is 0 Å². The highest BCUT2D eigenvalue weighted by Gasteiger charge is 2.72. The minimum atomic E-state index is -1.24. The van der Waals surface area contributed by atoms with Crippen molar-refractivity contribution in [3.8, 4) is 0 Å². The van der Waals surface area contributed by atoms with Gasteiger partial charge in [-0.05, 0) is 63.4 Å². The Balaban J connectivity index is 1.34. The normalized spacial score (nSPS) is 51.1. The van der Waals surface area contributed by atoms with Crippen LogP contribution in [-0.4, -0.2) is 80.2 Å². The van der Waals surface area contributed by atoms with Crippen LogP contribution in [0.25, 0.3) is 0 Å². The van der Waals surface area contributed by atoms with E-state index in [-0.39, 0.29) is 49.1 Å². The van der Waals surface area contributed by atoms with Crippen molar-refractivity contribution in [3.63, 3.8) is 0 Å². The number of carbonyl (C=O) groups excluding carboxylic acids is 2. The molecule has 9 nitrogen and oxygen atoms in total. The third-order valence-electron chi connectivity index (χ3n) is 11.3. The monoisotopic (exact) mass is 532 g/mol. The largest absolute Gasteiger partial charge is 0.456 e. The molecule has 4 fully saturated rings. The highest BCUT2D eigenvalue weighted by molar-refractivity contribution is 5.90. The van der Waals surface area contributed by atoms with Crippen molar-refractivity contribution in [2.45, 2.75) is 107 Å². The van der Waals surface area contributed by atoms with Crippen molar-refractivity contribution in [1.29, 1.82) is 0 Å². The van der Waals surface area contributed by atoms with E-state index in [2.05, 4.69) is 0 Å². The van der Waals surface area contributed by atoms with Crippen molar-refractivity contribution >= 4 is 11.9 Å². The van der Waals surface area contributed by atoms with Gasteiger partial charge < -0.3 is 34.6 Å². The SMILES string of the molecule is CC1=C[C@H]([C@@H](O)[C@@H](C)[C@H]2C[C@H](O)[C@@]3(C)C2=CC[C@]2(O)C[C@]45OC(=O)C[C@H]4O[C@@](C)(CO)[C@@H]5CC[C@H]23)OC1=O. The zero-order chi connectivity index (χ0) is 27.4. The molecule has 0 aromatic rings. The van der Waals surface area contributed by atoms with Crippen LogP contribution in [0.15, 0.2) is 23.3 Å². The fourth-order valence-electron chi connectivity index (χ4n) is 9.31. The molecule has 2 saturated carbocycles. The van der Waals surface area contributed by atoms with Gasteiger partial charge in [0.1, 0.15) is 17.8 Å². The van der Waals surface area contributed by atoms with E-state index in [1.165, 1.54) is 0 Å².